The number of rotatable bonds is 4. The monoisotopic (exact) mass is 308 g/mol. The van der Waals surface area contributed by atoms with Crippen LogP contribution in [0.2, 0.25) is 0 Å². The van der Waals surface area contributed by atoms with Crippen LogP contribution >= 0.6 is 0 Å². The summed E-state index contributed by atoms with van der Waals surface area (Å²) in [5.41, 5.74) is 0.191. The van der Waals surface area contributed by atoms with E-state index in [-0.39, 0.29) is 0 Å². The third-order valence-corrected chi connectivity index (χ3v) is 3.53. The largest absolute Gasteiger partial charge is 0.477 e. The third-order valence-electron chi connectivity index (χ3n) is 3.53. The Morgan fingerprint density at radius 1 is 1.27 bits per heavy atom. The SMILES string of the molecule is Cc1ncc(-c2cccc(C(F)(F)F)c2)c(OCC2CC2)n1. The topological polar surface area (TPSA) is 35.0 Å². The molecule has 22 heavy (non-hydrogen) atoms. The van der Waals surface area contributed by atoms with Crippen LogP contribution in [0.25, 0.3) is 11.1 Å². The first-order valence-electron chi connectivity index (χ1n) is 7.07. The fourth-order valence-corrected chi connectivity index (χ4v) is 2.10. The summed E-state index contributed by atoms with van der Waals surface area (Å²) in [6.45, 7) is 2.27. The quantitative estimate of drug-likeness (QED) is 0.846. The van der Waals surface area contributed by atoms with Crippen molar-refractivity contribution in [2.24, 2.45) is 5.92 Å². The molecule has 1 saturated carbocycles. The van der Waals surface area contributed by atoms with Crippen molar-refractivity contribution in [3.05, 3.63) is 41.9 Å². The first kappa shape index (κ1) is 14.8. The molecule has 6 heteroatoms. The number of hydrogen-bond acceptors (Lipinski definition) is 3. The van der Waals surface area contributed by atoms with Gasteiger partial charge in [-0.2, -0.15) is 18.2 Å². The Hall–Kier alpha value is -2.11. The number of aryl methyl sites for hydroxylation is 1. The maximum absolute atomic E-state index is 12.8. The van der Waals surface area contributed by atoms with Crippen molar-refractivity contribution in [2.75, 3.05) is 6.61 Å². The van der Waals surface area contributed by atoms with Crippen molar-refractivity contribution in [3.63, 3.8) is 0 Å². The lowest BCUT2D eigenvalue weighted by Gasteiger charge is -2.12. The average Bonchev–Trinajstić information content (AvgIpc) is 3.29. The summed E-state index contributed by atoms with van der Waals surface area (Å²) in [6.07, 6.45) is -0.609. The van der Waals surface area contributed by atoms with Crippen LogP contribution in [-0.4, -0.2) is 16.6 Å². The number of hydrogen-bond donors (Lipinski definition) is 0. The van der Waals surface area contributed by atoms with Gasteiger partial charge in [-0.25, -0.2) is 4.98 Å². The van der Waals surface area contributed by atoms with Crippen LogP contribution in [0.1, 0.15) is 24.2 Å². The lowest BCUT2D eigenvalue weighted by molar-refractivity contribution is -0.137. The number of aromatic nitrogens is 2. The van der Waals surface area contributed by atoms with Crippen molar-refractivity contribution in [2.45, 2.75) is 25.9 Å². The van der Waals surface area contributed by atoms with Crippen molar-refractivity contribution >= 4 is 0 Å². The first-order valence-corrected chi connectivity index (χ1v) is 7.07. The molecule has 1 fully saturated rings. The molecule has 0 saturated heterocycles. The van der Waals surface area contributed by atoms with Crippen LogP contribution in [0, 0.1) is 12.8 Å². The van der Waals surface area contributed by atoms with E-state index in [1.165, 1.54) is 12.3 Å². The van der Waals surface area contributed by atoms with Crippen LogP contribution in [-0.2, 0) is 6.18 Å². The van der Waals surface area contributed by atoms with Crippen LogP contribution in [0.3, 0.4) is 0 Å². The molecule has 3 nitrogen and oxygen atoms in total. The smallest absolute Gasteiger partial charge is 0.416 e. The van der Waals surface area contributed by atoms with E-state index in [9.17, 15) is 13.2 Å². The molecule has 2 aromatic rings. The highest BCUT2D eigenvalue weighted by atomic mass is 19.4. The molecule has 0 radical (unpaired) electrons. The molecule has 3 rings (SSSR count). The Kier molecular flexibility index (Phi) is 3.76. The predicted molar refractivity (Wildman–Crippen MR) is 75.4 cm³/mol. The van der Waals surface area contributed by atoms with E-state index in [2.05, 4.69) is 9.97 Å². The van der Waals surface area contributed by atoms with E-state index in [1.54, 1.807) is 13.0 Å². The highest BCUT2D eigenvalue weighted by molar-refractivity contribution is 5.68. The lowest BCUT2D eigenvalue weighted by atomic mass is 10.1. The highest BCUT2D eigenvalue weighted by Gasteiger charge is 2.31. The summed E-state index contributed by atoms with van der Waals surface area (Å²) in [7, 11) is 0. The summed E-state index contributed by atoms with van der Waals surface area (Å²) >= 11 is 0. The molecule has 1 aromatic heterocycles. The van der Waals surface area contributed by atoms with Gasteiger partial charge < -0.3 is 4.74 Å². The zero-order chi connectivity index (χ0) is 15.7. The van der Waals surface area contributed by atoms with Crippen molar-refractivity contribution in [1.29, 1.82) is 0 Å². The fourth-order valence-electron chi connectivity index (χ4n) is 2.10. The van der Waals surface area contributed by atoms with E-state index in [0.29, 0.717) is 35.4 Å². The number of ether oxygens (including phenoxy) is 1. The molecule has 116 valence electrons. The second-order valence-corrected chi connectivity index (χ2v) is 5.47. The minimum absolute atomic E-state index is 0.346. The second-order valence-electron chi connectivity index (χ2n) is 5.47. The van der Waals surface area contributed by atoms with Gasteiger partial charge >= 0.3 is 6.18 Å². The van der Waals surface area contributed by atoms with Crippen LogP contribution in [0.15, 0.2) is 30.5 Å². The summed E-state index contributed by atoms with van der Waals surface area (Å²) in [6, 6.07) is 5.12. The molecule has 1 aromatic carbocycles. The molecule has 0 aliphatic heterocycles. The van der Waals surface area contributed by atoms with Crippen LogP contribution in [0.4, 0.5) is 13.2 Å². The van der Waals surface area contributed by atoms with Gasteiger partial charge in [0.2, 0.25) is 5.88 Å². The Morgan fingerprint density at radius 3 is 2.73 bits per heavy atom. The van der Waals surface area contributed by atoms with E-state index < -0.39 is 11.7 Å². The van der Waals surface area contributed by atoms with Crippen LogP contribution < -0.4 is 4.74 Å². The van der Waals surface area contributed by atoms with Gasteiger partial charge in [0.1, 0.15) is 5.82 Å². The van der Waals surface area contributed by atoms with Crippen molar-refractivity contribution in [3.8, 4) is 17.0 Å². The molecule has 1 aliphatic carbocycles. The minimum atomic E-state index is -4.38. The maximum atomic E-state index is 12.8. The first-order chi connectivity index (χ1) is 10.4. The number of benzene rings is 1. The van der Waals surface area contributed by atoms with E-state index in [1.807, 2.05) is 0 Å². The second kappa shape index (κ2) is 5.59. The Labute approximate surface area is 126 Å². The molecule has 1 aliphatic rings. The molecule has 0 amide bonds. The number of alkyl halides is 3. The van der Waals surface area contributed by atoms with E-state index >= 15 is 0 Å². The number of nitrogens with zero attached hydrogens (tertiary/aromatic N) is 2. The van der Waals surface area contributed by atoms with Gasteiger partial charge in [0.25, 0.3) is 0 Å². The minimum Gasteiger partial charge on any atom is -0.477 e. The predicted octanol–water partition coefficient (Wildman–Crippen LogP) is 4.26. The van der Waals surface area contributed by atoms with Gasteiger partial charge in [-0.05, 0) is 43.4 Å². The normalized spacial score (nSPS) is 14.9. The molecular formula is C16H15F3N2O. The molecule has 1 heterocycles. The van der Waals surface area contributed by atoms with Crippen molar-refractivity contribution in [1.82, 2.24) is 9.97 Å². The van der Waals surface area contributed by atoms with Gasteiger partial charge in [-0.15, -0.1) is 0 Å². The molecule has 0 N–H and O–H groups in total. The Balaban J connectivity index is 1.96. The van der Waals surface area contributed by atoms with E-state index in [0.717, 1.165) is 25.0 Å². The van der Waals surface area contributed by atoms with Crippen molar-refractivity contribution < 1.29 is 17.9 Å². The zero-order valence-corrected chi connectivity index (χ0v) is 12.0. The standard InChI is InChI=1S/C16H15F3N2O/c1-10-20-8-14(15(21-10)22-9-11-5-6-11)12-3-2-4-13(7-12)16(17,18)19/h2-4,7-8,11H,5-6,9H2,1H3. The summed E-state index contributed by atoms with van der Waals surface area (Å²) < 4.78 is 44.2. The summed E-state index contributed by atoms with van der Waals surface area (Å²) in [5.74, 6) is 1.41. The van der Waals surface area contributed by atoms with Gasteiger partial charge in [0, 0.05) is 6.20 Å². The van der Waals surface area contributed by atoms with Gasteiger partial charge in [-0.1, -0.05) is 12.1 Å². The highest BCUT2D eigenvalue weighted by Crippen LogP contribution is 2.35. The van der Waals surface area contributed by atoms with E-state index in [4.69, 9.17) is 4.74 Å². The third kappa shape index (κ3) is 3.37. The molecule has 0 atom stereocenters. The summed E-state index contributed by atoms with van der Waals surface area (Å²) in [5, 5.41) is 0. The Morgan fingerprint density at radius 2 is 2.05 bits per heavy atom. The fraction of sp³-hybridized carbons (Fsp3) is 0.375. The number of halogens is 3. The van der Waals surface area contributed by atoms with Gasteiger partial charge in [-0.3, -0.25) is 0 Å². The molecular weight excluding hydrogens is 293 g/mol. The van der Waals surface area contributed by atoms with Gasteiger partial charge in [0.15, 0.2) is 0 Å². The molecule has 0 spiro atoms. The molecule has 0 unspecified atom stereocenters. The Bertz CT molecular complexity index is 681. The van der Waals surface area contributed by atoms with Gasteiger partial charge in [0.05, 0.1) is 17.7 Å². The zero-order valence-electron chi connectivity index (χ0n) is 12.0. The molecule has 0 bridgehead atoms. The average molecular weight is 308 g/mol. The lowest BCUT2D eigenvalue weighted by Crippen LogP contribution is -2.06. The maximum Gasteiger partial charge on any atom is 0.416 e. The summed E-state index contributed by atoms with van der Waals surface area (Å²) in [4.78, 5) is 8.30. The van der Waals surface area contributed by atoms with Crippen LogP contribution in [0.5, 0.6) is 5.88 Å².